The van der Waals surface area contributed by atoms with Crippen LogP contribution in [0.15, 0.2) is 35.1 Å². The Kier molecular flexibility index (Phi) is 4.47. The second-order valence-electron chi connectivity index (χ2n) is 5.05. The fourth-order valence-corrected chi connectivity index (χ4v) is 2.35. The van der Waals surface area contributed by atoms with Crippen LogP contribution in [0.3, 0.4) is 0 Å². The van der Waals surface area contributed by atoms with Crippen molar-refractivity contribution in [2.45, 2.75) is 19.1 Å². The van der Waals surface area contributed by atoms with Gasteiger partial charge in [-0.2, -0.15) is 5.10 Å². The number of nitrogens with zero attached hydrogens (tertiary/aromatic N) is 2. The summed E-state index contributed by atoms with van der Waals surface area (Å²) in [6.07, 6.45) is 3.44. The zero-order valence-corrected chi connectivity index (χ0v) is 13.1. The van der Waals surface area contributed by atoms with Crippen LogP contribution in [0.25, 0.3) is 0 Å². The van der Waals surface area contributed by atoms with Gasteiger partial charge in [0.05, 0.1) is 6.20 Å². The Balaban J connectivity index is 1.97. The van der Waals surface area contributed by atoms with Crippen LogP contribution in [0.4, 0.5) is 0 Å². The lowest BCUT2D eigenvalue weighted by molar-refractivity contribution is 0.0565. The smallest absolute Gasteiger partial charge is 0.120 e. The normalized spacial score (nSPS) is 14.2. The van der Waals surface area contributed by atoms with E-state index < -0.39 is 5.60 Å². The molecule has 108 valence electrons. The number of halogens is 1. The Morgan fingerprint density at radius 3 is 2.85 bits per heavy atom. The molecule has 0 aliphatic heterocycles. The molecule has 0 fully saturated rings. The van der Waals surface area contributed by atoms with Crippen molar-refractivity contribution in [3.63, 3.8) is 0 Å². The molecule has 1 heterocycles. The third-order valence-electron chi connectivity index (χ3n) is 3.15. The van der Waals surface area contributed by atoms with Crippen molar-refractivity contribution >= 4 is 15.9 Å². The van der Waals surface area contributed by atoms with Gasteiger partial charge in [-0.1, -0.05) is 15.9 Å². The summed E-state index contributed by atoms with van der Waals surface area (Å²) in [6, 6.07) is 5.27. The highest BCUT2D eigenvalue weighted by Gasteiger charge is 2.24. The van der Waals surface area contributed by atoms with Gasteiger partial charge in [0.15, 0.2) is 0 Å². The molecule has 3 N–H and O–H groups in total. The molecule has 0 aliphatic rings. The van der Waals surface area contributed by atoms with Gasteiger partial charge in [0, 0.05) is 41.9 Å². The molecule has 0 saturated heterocycles. The number of hydrogen-bond acceptors (Lipinski definition) is 4. The van der Waals surface area contributed by atoms with Crippen LogP contribution in [0, 0.1) is 0 Å². The fraction of sp³-hybridized carbons (Fsp3) is 0.357. The standard InChI is InChI=1S/C14H18BrN3O2/c1-14(20,11-7-17-18(2)8-11)9-16-6-10-5-12(15)3-4-13(10)19/h3-5,7-8,16,19-20H,6,9H2,1-2H3. The molecule has 0 amide bonds. The molecule has 0 saturated carbocycles. The second kappa shape index (κ2) is 5.95. The number of benzene rings is 1. The first-order valence-electron chi connectivity index (χ1n) is 6.28. The molecule has 1 atom stereocenters. The fourth-order valence-electron chi connectivity index (χ4n) is 1.94. The van der Waals surface area contributed by atoms with Gasteiger partial charge >= 0.3 is 0 Å². The molecule has 0 aliphatic carbocycles. The molecule has 20 heavy (non-hydrogen) atoms. The highest BCUT2D eigenvalue weighted by molar-refractivity contribution is 9.10. The molecule has 1 unspecified atom stereocenters. The van der Waals surface area contributed by atoms with Gasteiger partial charge in [-0.05, 0) is 25.1 Å². The minimum absolute atomic E-state index is 0.238. The Hall–Kier alpha value is -1.37. The van der Waals surface area contributed by atoms with E-state index in [9.17, 15) is 10.2 Å². The lowest BCUT2D eigenvalue weighted by Crippen LogP contribution is -2.34. The van der Waals surface area contributed by atoms with Crippen LogP contribution < -0.4 is 5.32 Å². The lowest BCUT2D eigenvalue weighted by Gasteiger charge is -2.22. The first kappa shape index (κ1) is 15.0. The van der Waals surface area contributed by atoms with E-state index >= 15 is 0 Å². The van der Waals surface area contributed by atoms with Crippen LogP contribution in [-0.2, 0) is 19.2 Å². The van der Waals surface area contributed by atoms with Crippen molar-refractivity contribution in [3.8, 4) is 5.75 Å². The zero-order chi connectivity index (χ0) is 14.8. The predicted octanol–water partition coefficient (Wildman–Crippen LogP) is 1.89. The van der Waals surface area contributed by atoms with Crippen LogP contribution in [0.5, 0.6) is 5.75 Å². The average molecular weight is 340 g/mol. The monoisotopic (exact) mass is 339 g/mol. The predicted molar refractivity (Wildman–Crippen MR) is 80.3 cm³/mol. The molecule has 2 aromatic rings. The molecular weight excluding hydrogens is 322 g/mol. The number of nitrogens with one attached hydrogen (secondary N) is 1. The molecule has 5 nitrogen and oxygen atoms in total. The molecular formula is C14H18BrN3O2. The minimum atomic E-state index is -1.00. The topological polar surface area (TPSA) is 70.3 Å². The van der Waals surface area contributed by atoms with Crippen LogP contribution in [0.1, 0.15) is 18.1 Å². The first-order valence-corrected chi connectivity index (χ1v) is 7.07. The number of phenolic OH excluding ortho intramolecular Hbond substituents is 1. The number of aryl methyl sites for hydroxylation is 1. The van der Waals surface area contributed by atoms with Crippen molar-refractivity contribution in [1.29, 1.82) is 0 Å². The Labute approximate surface area is 126 Å². The number of hydrogen-bond donors (Lipinski definition) is 3. The maximum absolute atomic E-state index is 10.4. The van der Waals surface area contributed by atoms with Gasteiger partial charge in [-0.3, -0.25) is 4.68 Å². The average Bonchev–Trinajstić information content (AvgIpc) is 2.81. The van der Waals surface area contributed by atoms with Gasteiger partial charge < -0.3 is 15.5 Å². The SMILES string of the molecule is Cn1cc(C(C)(O)CNCc2cc(Br)ccc2O)cn1. The van der Waals surface area contributed by atoms with E-state index in [-0.39, 0.29) is 5.75 Å². The summed E-state index contributed by atoms with van der Waals surface area (Å²) in [5, 5.41) is 27.4. The van der Waals surface area contributed by atoms with Crippen LogP contribution in [0.2, 0.25) is 0 Å². The quantitative estimate of drug-likeness (QED) is 0.777. The number of aliphatic hydroxyl groups is 1. The van der Waals surface area contributed by atoms with Gasteiger partial charge in [0.25, 0.3) is 0 Å². The van der Waals surface area contributed by atoms with E-state index in [1.807, 2.05) is 13.1 Å². The van der Waals surface area contributed by atoms with Gasteiger partial charge in [-0.15, -0.1) is 0 Å². The highest BCUT2D eigenvalue weighted by atomic mass is 79.9. The van der Waals surface area contributed by atoms with Crippen molar-refractivity contribution in [3.05, 3.63) is 46.2 Å². The maximum atomic E-state index is 10.4. The first-order chi connectivity index (χ1) is 9.38. The number of aromatic hydroxyl groups is 1. The highest BCUT2D eigenvalue weighted by Crippen LogP contribution is 2.22. The molecule has 1 aromatic heterocycles. The van der Waals surface area contributed by atoms with Crippen molar-refractivity contribution in [2.24, 2.45) is 7.05 Å². The van der Waals surface area contributed by atoms with Gasteiger partial charge in [0.2, 0.25) is 0 Å². The van der Waals surface area contributed by atoms with E-state index in [0.29, 0.717) is 13.1 Å². The van der Waals surface area contributed by atoms with E-state index in [4.69, 9.17) is 0 Å². The summed E-state index contributed by atoms with van der Waals surface area (Å²) in [7, 11) is 1.81. The van der Waals surface area contributed by atoms with Crippen LogP contribution in [-0.4, -0.2) is 26.5 Å². The molecule has 6 heteroatoms. The number of phenols is 1. The molecule has 0 bridgehead atoms. The van der Waals surface area contributed by atoms with Gasteiger partial charge in [0.1, 0.15) is 11.4 Å². The summed E-state index contributed by atoms with van der Waals surface area (Å²) in [5.74, 6) is 0.238. The van der Waals surface area contributed by atoms with E-state index in [1.54, 1.807) is 36.1 Å². The maximum Gasteiger partial charge on any atom is 0.120 e. The third-order valence-corrected chi connectivity index (χ3v) is 3.65. The minimum Gasteiger partial charge on any atom is -0.508 e. The second-order valence-corrected chi connectivity index (χ2v) is 5.97. The largest absolute Gasteiger partial charge is 0.508 e. The number of rotatable bonds is 5. The molecule has 0 spiro atoms. The van der Waals surface area contributed by atoms with E-state index in [1.165, 1.54) is 0 Å². The third kappa shape index (κ3) is 3.59. The van der Waals surface area contributed by atoms with Gasteiger partial charge in [-0.25, -0.2) is 0 Å². The Bertz CT molecular complexity index is 596. The van der Waals surface area contributed by atoms with Crippen molar-refractivity contribution < 1.29 is 10.2 Å². The molecule has 1 aromatic carbocycles. The number of aromatic nitrogens is 2. The van der Waals surface area contributed by atoms with Crippen molar-refractivity contribution in [1.82, 2.24) is 15.1 Å². The lowest BCUT2D eigenvalue weighted by atomic mass is 9.99. The molecule has 2 rings (SSSR count). The van der Waals surface area contributed by atoms with E-state index in [2.05, 4.69) is 26.3 Å². The Morgan fingerprint density at radius 2 is 2.20 bits per heavy atom. The summed E-state index contributed by atoms with van der Waals surface area (Å²) in [6.45, 7) is 2.57. The molecule has 0 radical (unpaired) electrons. The summed E-state index contributed by atoms with van der Waals surface area (Å²) < 4.78 is 2.57. The Morgan fingerprint density at radius 1 is 1.45 bits per heavy atom. The van der Waals surface area contributed by atoms with Crippen molar-refractivity contribution in [2.75, 3.05) is 6.54 Å². The zero-order valence-electron chi connectivity index (χ0n) is 11.5. The van der Waals surface area contributed by atoms with E-state index in [0.717, 1.165) is 15.6 Å². The summed E-state index contributed by atoms with van der Waals surface area (Å²) in [4.78, 5) is 0. The summed E-state index contributed by atoms with van der Waals surface area (Å²) >= 11 is 3.37. The van der Waals surface area contributed by atoms with Crippen LogP contribution >= 0.6 is 15.9 Å². The summed E-state index contributed by atoms with van der Waals surface area (Å²) in [5.41, 5.74) is 0.530.